The SMILES string of the molecule is CCC(CC(=O)NS)SSCCCC(=O)CCC(=O)N1Cc2ccccc2C#Cc2ccccc21. The number of carbonyl (C=O) groups excluding carboxylic acids is 3. The number of nitrogens with one attached hydrogen (secondary N) is 1. The Kier molecular flexibility index (Phi) is 11.1. The topological polar surface area (TPSA) is 66.5 Å². The first-order chi connectivity index (χ1) is 17.0. The van der Waals surface area contributed by atoms with Crippen LogP contribution in [0.4, 0.5) is 5.69 Å². The second kappa shape index (κ2) is 14.3. The predicted molar refractivity (Wildman–Crippen MR) is 149 cm³/mol. The zero-order valence-corrected chi connectivity index (χ0v) is 22.3. The van der Waals surface area contributed by atoms with Gasteiger partial charge in [-0.05, 0) is 36.6 Å². The molecule has 3 rings (SSSR count). The van der Waals surface area contributed by atoms with E-state index >= 15 is 0 Å². The summed E-state index contributed by atoms with van der Waals surface area (Å²) >= 11 is 3.79. The van der Waals surface area contributed by atoms with Crippen molar-refractivity contribution in [3.8, 4) is 11.8 Å². The molecule has 0 saturated heterocycles. The molecule has 0 radical (unpaired) electrons. The molecule has 35 heavy (non-hydrogen) atoms. The van der Waals surface area contributed by atoms with E-state index in [1.807, 2.05) is 48.5 Å². The number of rotatable bonds is 12. The maximum absolute atomic E-state index is 13.2. The molecule has 1 heterocycles. The molecule has 1 aliphatic rings. The number of fused-ring (bicyclic) bond motifs is 2. The lowest BCUT2D eigenvalue weighted by atomic mass is 10.0. The molecule has 1 atom stereocenters. The van der Waals surface area contributed by atoms with Crippen LogP contribution in [0.25, 0.3) is 0 Å². The minimum absolute atomic E-state index is 0.0671. The lowest BCUT2D eigenvalue weighted by Gasteiger charge is -2.26. The first-order valence-electron chi connectivity index (χ1n) is 11.7. The minimum atomic E-state index is -0.0775. The van der Waals surface area contributed by atoms with Gasteiger partial charge in [0.2, 0.25) is 11.8 Å². The van der Waals surface area contributed by atoms with Crippen molar-refractivity contribution in [2.24, 2.45) is 0 Å². The van der Waals surface area contributed by atoms with Crippen LogP contribution < -0.4 is 9.62 Å². The maximum atomic E-state index is 13.2. The first kappa shape index (κ1) is 27.3. The average Bonchev–Trinajstić information content (AvgIpc) is 2.87. The van der Waals surface area contributed by atoms with Crippen molar-refractivity contribution in [1.29, 1.82) is 0 Å². The lowest BCUT2D eigenvalue weighted by molar-refractivity contribution is -0.124. The summed E-state index contributed by atoms with van der Waals surface area (Å²) in [6.45, 7) is 2.49. The van der Waals surface area contributed by atoms with Gasteiger partial charge in [0.1, 0.15) is 5.78 Å². The molecule has 1 aliphatic heterocycles. The van der Waals surface area contributed by atoms with Crippen molar-refractivity contribution in [2.75, 3.05) is 10.7 Å². The molecule has 2 amide bonds. The van der Waals surface area contributed by atoms with E-state index in [0.29, 0.717) is 19.4 Å². The largest absolute Gasteiger partial charge is 0.307 e. The number of nitrogens with zero attached hydrogens (tertiary/aromatic N) is 1. The molecule has 1 unspecified atom stereocenters. The number of ketones is 1. The van der Waals surface area contributed by atoms with E-state index in [0.717, 1.165) is 41.0 Å². The van der Waals surface area contributed by atoms with Crippen molar-refractivity contribution in [2.45, 2.75) is 57.2 Å². The van der Waals surface area contributed by atoms with Gasteiger partial charge in [0, 0.05) is 47.8 Å². The number of hydrogen-bond acceptors (Lipinski definition) is 6. The van der Waals surface area contributed by atoms with Gasteiger partial charge in [-0.2, -0.15) is 0 Å². The number of hydrogen-bond donors (Lipinski definition) is 2. The Balaban J connectivity index is 1.49. The Morgan fingerprint density at radius 1 is 1.03 bits per heavy atom. The molecule has 0 fully saturated rings. The van der Waals surface area contributed by atoms with Crippen LogP contribution in [0.3, 0.4) is 0 Å². The van der Waals surface area contributed by atoms with Crippen molar-refractivity contribution in [1.82, 2.24) is 4.72 Å². The quantitative estimate of drug-likeness (QED) is 0.164. The Labute approximate surface area is 221 Å². The van der Waals surface area contributed by atoms with E-state index in [4.69, 9.17) is 0 Å². The number of benzene rings is 2. The third kappa shape index (κ3) is 8.38. The summed E-state index contributed by atoms with van der Waals surface area (Å²) < 4.78 is 2.36. The number of carbonyl (C=O) groups is 3. The zero-order valence-electron chi connectivity index (χ0n) is 19.8. The van der Waals surface area contributed by atoms with Crippen LogP contribution in [0.2, 0.25) is 0 Å². The van der Waals surface area contributed by atoms with E-state index in [1.165, 1.54) is 0 Å². The number of amides is 2. The Morgan fingerprint density at radius 3 is 2.51 bits per heavy atom. The fraction of sp³-hybridized carbons (Fsp3) is 0.370. The molecular formula is C27H30N2O3S3. The maximum Gasteiger partial charge on any atom is 0.230 e. The van der Waals surface area contributed by atoms with Gasteiger partial charge in [0.05, 0.1) is 12.2 Å². The molecule has 0 saturated carbocycles. The summed E-state index contributed by atoms with van der Waals surface area (Å²) in [6, 6.07) is 15.5. The van der Waals surface area contributed by atoms with E-state index in [9.17, 15) is 14.4 Å². The van der Waals surface area contributed by atoms with Gasteiger partial charge in [0.25, 0.3) is 0 Å². The molecule has 184 valence electrons. The number of thiol groups is 1. The molecular weight excluding hydrogens is 497 g/mol. The molecule has 1 N–H and O–H groups in total. The van der Waals surface area contributed by atoms with Crippen molar-refractivity contribution in [3.63, 3.8) is 0 Å². The van der Waals surface area contributed by atoms with Gasteiger partial charge in [-0.3, -0.25) is 14.4 Å². The highest BCUT2D eigenvalue weighted by atomic mass is 33.1. The average molecular weight is 527 g/mol. The summed E-state index contributed by atoms with van der Waals surface area (Å²) in [4.78, 5) is 38.9. The zero-order chi connectivity index (χ0) is 25.0. The van der Waals surface area contributed by atoms with Gasteiger partial charge in [-0.15, -0.1) is 0 Å². The predicted octanol–water partition coefficient (Wildman–Crippen LogP) is 5.57. The highest BCUT2D eigenvalue weighted by molar-refractivity contribution is 8.76. The molecule has 0 spiro atoms. The smallest absolute Gasteiger partial charge is 0.230 e. The Bertz CT molecular complexity index is 1110. The number of anilines is 1. The van der Waals surface area contributed by atoms with Crippen LogP contribution in [0.1, 0.15) is 62.1 Å². The first-order valence-corrected chi connectivity index (χ1v) is 14.6. The van der Waals surface area contributed by atoms with Crippen molar-refractivity contribution >= 4 is 57.7 Å². The third-order valence-corrected chi connectivity index (χ3v) is 9.01. The normalized spacial score (nSPS) is 12.8. The van der Waals surface area contributed by atoms with Gasteiger partial charge in [-0.25, -0.2) is 0 Å². The van der Waals surface area contributed by atoms with Crippen LogP contribution in [-0.2, 0) is 20.9 Å². The standard InChI is InChI=1S/C27H30N2O3S3/c1-2-24(18-26(31)28-33)35-34-17-7-11-23(30)15-16-27(32)29-19-22-10-4-3-8-20(22)13-14-21-9-5-6-12-25(21)29/h3-6,8-10,12,24,33H,2,7,11,15-19H2,1H3,(H,28,31). The van der Waals surface area contributed by atoms with E-state index in [1.54, 1.807) is 26.5 Å². The summed E-state index contributed by atoms with van der Waals surface area (Å²) in [7, 11) is 3.37. The van der Waals surface area contributed by atoms with Gasteiger partial charge in [-0.1, -0.05) is 83.5 Å². The highest BCUT2D eigenvalue weighted by Crippen LogP contribution is 2.31. The van der Waals surface area contributed by atoms with Gasteiger partial charge >= 0.3 is 0 Å². The monoisotopic (exact) mass is 526 g/mol. The number of Topliss-reactive ketones (excluding diaryl/α,β-unsaturated/α-hetero) is 1. The van der Waals surface area contributed by atoms with Crippen LogP contribution in [0, 0.1) is 11.8 Å². The molecule has 8 heteroatoms. The molecule has 2 aromatic rings. The molecule has 0 aliphatic carbocycles. The van der Waals surface area contributed by atoms with Crippen molar-refractivity contribution in [3.05, 3.63) is 65.2 Å². The number of para-hydroxylation sites is 1. The van der Waals surface area contributed by atoms with Crippen LogP contribution in [0.15, 0.2) is 48.5 Å². The molecule has 0 bridgehead atoms. The van der Waals surface area contributed by atoms with Gasteiger partial charge in [0.15, 0.2) is 0 Å². The van der Waals surface area contributed by atoms with E-state index < -0.39 is 0 Å². The second-order valence-corrected chi connectivity index (χ2v) is 11.2. The summed E-state index contributed by atoms with van der Waals surface area (Å²) in [5.41, 5.74) is 3.52. The summed E-state index contributed by atoms with van der Waals surface area (Å²) in [5, 5.41) is 0.232. The van der Waals surface area contributed by atoms with Crippen LogP contribution in [0.5, 0.6) is 0 Å². The van der Waals surface area contributed by atoms with Crippen LogP contribution in [-0.4, -0.2) is 28.6 Å². The third-order valence-electron chi connectivity index (χ3n) is 5.67. The summed E-state index contributed by atoms with van der Waals surface area (Å²) in [5.74, 6) is 7.20. The highest BCUT2D eigenvalue weighted by Gasteiger charge is 2.21. The van der Waals surface area contributed by atoms with E-state index in [-0.39, 0.29) is 35.7 Å². The Hall–Kier alpha value is -2.34. The minimum Gasteiger partial charge on any atom is -0.307 e. The Morgan fingerprint density at radius 2 is 1.74 bits per heavy atom. The summed E-state index contributed by atoms with van der Waals surface area (Å²) in [6.07, 6.45) is 2.97. The molecule has 0 aromatic heterocycles. The van der Waals surface area contributed by atoms with Gasteiger partial charge < -0.3 is 9.62 Å². The molecule has 5 nitrogen and oxygen atoms in total. The fourth-order valence-electron chi connectivity index (χ4n) is 3.69. The lowest BCUT2D eigenvalue weighted by Crippen LogP contribution is -2.32. The van der Waals surface area contributed by atoms with Crippen molar-refractivity contribution < 1.29 is 14.4 Å². The van der Waals surface area contributed by atoms with Crippen LogP contribution >= 0.6 is 34.4 Å². The molecule has 2 aromatic carbocycles. The van der Waals surface area contributed by atoms with E-state index in [2.05, 4.69) is 36.3 Å². The fourth-order valence-corrected chi connectivity index (χ4v) is 6.51. The second-order valence-electron chi connectivity index (χ2n) is 8.23.